The first-order valence-corrected chi connectivity index (χ1v) is 18.5. The van der Waals surface area contributed by atoms with Gasteiger partial charge in [0.05, 0.1) is 18.6 Å². The number of methoxy groups -OCH3 is 1. The van der Waals surface area contributed by atoms with Crippen molar-refractivity contribution in [3.8, 4) is 18.1 Å². The maximum Gasteiger partial charge on any atom is 0.410 e. The topological polar surface area (TPSA) is 144 Å². The van der Waals surface area contributed by atoms with Crippen molar-refractivity contribution in [1.29, 1.82) is 0 Å². The lowest BCUT2D eigenvalue weighted by molar-refractivity contribution is -0.142. The fourth-order valence-electron chi connectivity index (χ4n) is 5.74. The van der Waals surface area contributed by atoms with Gasteiger partial charge in [0, 0.05) is 39.1 Å². The molecule has 3 amide bonds. The first-order valence-electron chi connectivity index (χ1n) is 17.3. The minimum absolute atomic E-state index is 0.0596. The molecule has 12 nitrogen and oxygen atoms in total. The molecule has 0 spiro atoms. The number of amides is 3. The van der Waals surface area contributed by atoms with Gasteiger partial charge in [-0.2, -0.15) is 0 Å². The number of terminal acetylenes is 1. The number of rotatable bonds is 17. The molecule has 0 bridgehead atoms. The quantitative estimate of drug-likeness (QED) is 0.236. The van der Waals surface area contributed by atoms with Crippen molar-refractivity contribution in [2.24, 2.45) is 5.73 Å². The van der Waals surface area contributed by atoms with Crippen LogP contribution in [-0.2, 0) is 42.9 Å². The van der Waals surface area contributed by atoms with E-state index in [4.69, 9.17) is 26.4 Å². The van der Waals surface area contributed by atoms with Gasteiger partial charge in [-0.15, -0.1) is 6.42 Å². The van der Waals surface area contributed by atoms with Crippen LogP contribution in [0.4, 0.5) is 4.79 Å². The van der Waals surface area contributed by atoms with Crippen LogP contribution in [0, 0.1) is 12.3 Å². The summed E-state index contributed by atoms with van der Waals surface area (Å²) in [7, 11) is 1.48. The largest absolute Gasteiger partial charge is 0.497 e. The lowest BCUT2D eigenvalue weighted by Crippen LogP contribution is -2.59. The highest BCUT2D eigenvalue weighted by Gasteiger charge is 2.39. The van der Waals surface area contributed by atoms with E-state index in [0.717, 1.165) is 23.3 Å². The highest BCUT2D eigenvalue weighted by atomic mass is 32.2. The lowest BCUT2D eigenvalue weighted by Gasteiger charge is -2.35. The number of carbonyl (C=O) groups is 3. The Balaban J connectivity index is 1.81. The molecule has 1 fully saturated rings. The summed E-state index contributed by atoms with van der Waals surface area (Å²) in [6.07, 6.45) is 6.43. The zero-order valence-corrected chi connectivity index (χ0v) is 31.8. The molecule has 3 rings (SSSR count). The van der Waals surface area contributed by atoms with Crippen molar-refractivity contribution < 1.29 is 32.8 Å². The zero-order valence-electron chi connectivity index (χ0n) is 31.0. The van der Waals surface area contributed by atoms with E-state index in [0.29, 0.717) is 38.9 Å². The van der Waals surface area contributed by atoms with E-state index in [9.17, 15) is 18.6 Å². The Kier molecular flexibility index (Phi) is 15.9. The van der Waals surface area contributed by atoms with Crippen molar-refractivity contribution in [1.82, 2.24) is 19.4 Å². The number of benzene rings is 2. The van der Waals surface area contributed by atoms with Gasteiger partial charge in [0.25, 0.3) is 0 Å². The predicted octanol–water partition coefficient (Wildman–Crippen LogP) is 3.50. The standard InChI is InChI=1S/C38H55N5O7S/c1-9-24-49-28(3)34(40-35(44)27(2)41(7)37(46)50-38(4,5)6)36(45)43-22-13-16-31(43)26-42(23-21-29-14-11-10-12-15-29)51(47)33(39)25-30-17-19-32(48-8)20-18-30/h1,10-12,14-15,17-20,27-28,31,33-34H,13,16,21-26,39H2,2-8H3,(H,40,44)/t27-,28+,31-,33-,34-,51?/m0/s1. The molecule has 0 radical (unpaired) electrons. The Morgan fingerprint density at radius 3 is 2.37 bits per heavy atom. The molecule has 1 heterocycles. The fourth-order valence-corrected chi connectivity index (χ4v) is 7.04. The maximum atomic E-state index is 14.3. The van der Waals surface area contributed by atoms with Crippen LogP contribution < -0.4 is 15.8 Å². The summed E-state index contributed by atoms with van der Waals surface area (Å²) in [4.78, 5) is 43.4. The highest BCUT2D eigenvalue weighted by Crippen LogP contribution is 2.23. The smallest absolute Gasteiger partial charge is 0.410 e. The average molecular weight is 726 g/mol. The van der Waals surface area contributed by atoms with Crippen molar-refractivity contribution in [2.45, 2.75) is 95.5 Å². The van der Waals surface area contributed by atoms with Gasteiger partial charge in [-0.05, 0) is 77.1 Å². The molecule has 2 aromatic rings. The molecule has 13 heteroatoms. The Labute approximate surface area is 305 Å². The zero-order chi connectivity index (χ0) is 37.7. The summed E-state index contributed by atoms with van der Waals surface area (Å²) in [5, 5.41) is 2.13. The molecular formula is C38H55N5O7S. The third-order valence-electron chi connectivity index (χ3n) is 8.78. The van der Waals surface area contributed by atoms with Gasteiger partial charge in [-0.3, -0.25) is 14.5 Å². The SMILES string of the molecule is C#CCO[C@H](C)[C@H](NC(=O)[C@H](C)N(C)C(=O)OC(C)(C)C)C(=O)N1CCC[C@H]1CN(CCc1ccccc1)S(=O)[C@H](N)Cc1ccc(OC)cc1. The van der Waals surface area contributed by atoms with E-state index in [1.807, 2.05) is 58.9 Å². The number of hydrogen-bond acceptors (Lipinski definition) is 8. The van der Waals surface area contributed by atoms with Crippen LogP contribution >= 0.6 is 0 Å². The molecule has 1 aliphatic heterocycles. The van der Waals surface area contributed by atoms with Crippen LogP contribution in [0.1, 0.15) is 58.6 Å². The van der Waals surface area contributed by atoms with Gasteiger partial charge in [0.2, 0.25) is 11.8 Å². The number of ether oxygens (including phenoxy) is 3. The predicted molar refractivity (Wildman–Crippen MR) is 199 cm³/mol. The number of likely N-dealkylation sites (tertiary alicyclic amines) is 1. The highest BCUT2D eigenvalue weighted by molar-refractivity contribution is 7.83. The van der Waals surface area contributed by atoms with E-state index < -0.39 is 52.1 Å². The van der Waals surface area contributed by atoms with Crippen molar-refractivity contribution in [3.05, 3.63) is 65.7 Å². The molecule has 3 N–H and O–H groups in total. The second-order valence-electron chi connectivity index (χ2n) is 13.8. The van der Waals surface area contributed by atoms with Crippen molar-refractivity contribution >= 4 is 28.9 Å². The Morgan fingerprint density at radius 2 is 1.76 bits per heavy atom. The normalized spacial score (nSPS) is 17.5. The van der Waals surface area contributed by atoms with Gasteiger partial charge in [0.15, 0.2) is 0 Å². The van der Waals surface area contributed by atoms with Crippen LogP contribution in [-0.4, -0.2) is 112 Å². The van der Waals surface area contributed by atoms with Gasteiger partial charge in [0.1, 0.15) is 41.0 Å². The van der Waals surface area contributed by atoms with Crippen LogP contribution in [0.5, 0.6) is 5.75 Å². The lowest BCUT2D eigenvalue weighted by atomic mass is 10.1. The summed E-state index contributed by atoms with van der Waals surface area (Å²) >= 11 is 0. The Morgan fingerprint density at radius 1 is 1.10 bits per heavy atom. The molecular weight excluding hydrogens is 671 g/mol. The second kappa shape index (κ2) is 19.6. The number of carbonyl (C=O) groups excluding carboxylic acids is 3. The molecule has 0 aromatic heterocycles. The fraction of sp³-hybridized carbons (Fsp3) is 0.553. The number of nitrogens with two attached hydrogens (primary N) is 1. The molecule has 1 unspecified atom stereocenters. The molecule has 1 saturated heterocycles. The van der Waals surface area contributed by atoms with E-state index in [-0.39, 0.29) is 18.6 Å². The van der Waals surface area contributed by atoms with Crippen LogP contribution in [0.2, 0.25) is 0 Å². The molecule has 0 saturated carbocycles. The van der Waals surface area contributed by atoms with Crippen LogP contribution in [0.25, 0.3) is 0 Å². The van der Waals surface area contributed by atoms with Gasteiger partial charge in [-0.25, -0.2) is 13.3 Å². The van der Waals surface area contributed by atoms with Crippen molar-refractivity contribution in [2.75, 3.05) is 40.4 Å². The molecule has 280 valence electrons. The molecule has 6 atom stereocenters. The van der Waals surface area contributed by atoms with E-state index in [1.54, 1.807) is 46.6 Å². The first kappa shape index (κ1) is 41.5. The number of hydrogen-bond donors (Lipinski definition) is 2. The average Bonchev–Trinajstić information content (AvgIpc) is 3.58. The van der Waals surface area contributed by atoms with Crippen LogP contribution in [0.15, 0.2) is 54.6 Å². The molecule has 0 aliphatic carbocycles. The number of nitrogens with one attached hydrogen (secondary N) is 1. The van der Waals surface area contributed by atoms with Gasteiger partial charge >= 0.3 is 6.09 Å². The third kappa shape index (κ3) is 12.6. The number of nitrogens with zero attached hydrogens (tertiary/aromatic N) is 3. The van der Waals surface area contributed by atoms with Gasteiger partial charge < -0.3 is 30.2 Å². The van der Waals surface area contributed by atoms with Crippen molar-refractivity contribution in [3.63, 3.8) is 0 Å². The van der Waals surface area contributed by atoms with E-state index in [1.165, 1.54) is 11.9 Å². The first-order chi connectivity index (χ1) is 24.1. The maximum absolute atomic E-state index is 14.3. The summed E-state index contributed by atoms with van der Waals surface area (Å²) in [6.45, 7) is 9.61. The second-order valence-corrected chi connectivity index (χ2v) is 15.5. The van der Waals surface area contributed by atoms with E-state index in [2.05, 4.69) is 11.2 Å². The monoisotopic (exact) mass is 725 g/mol. The minimum atomic E-state index is -1.59. The summed E-state index contributed by atoms with van der Waals surface area (Å²) in [6, 6.07) is 15.1. The van der Waals surface area contributed by atoms with Crippen LogP contribution in [0.3, 0.4) is 0 Å². The number of likely N-dealkylation sites (N-methyl/N-ethyl adjacent to an activating group) is 1. The third-order valence-corrected chi connectivity index (χ3v) is 10.3. The molecule has 51 heavy (non-hydrogen) atoms. The van der Waals surface area contributed by atoms with E-state index >= 15 is 0 Å². The van der Waals surface area contributed by atoms with Gasteiger partial charge in [-0.1, -0.05) is 48.4 Å². The summed E-state index contributed by atoms with van der Waals surface area (Å²) in [5.74, 6) is 2.24. The Bertz CT molecular complexity index is 1490. The molecule has 1 aliphatic rings. The minimum Gasteiger partial charge on any atom is -0.497 e. The summed E-state index contributed by atoms with van der Waals surface area (Å²) in [5.41, 5.74) is 7.86. The molecule has 2 aromatic carbocycles. The Hall–Kier alpha value is -3.96. The summed E-state index contributed by atoms with van der Waals surface area (Å²) < 4.78 is 32.4.